The Balaban J connectivity index is 2.30. The molecule has 28 heavy (non-hydrogen) atoms. The molecule has 1 heterocycles. The lowest BCUT2D eigenvalue weighted by atomic mass is 9.89. The van der Waals surface area contributed by atoms with E-state index in [1.807, 2.05) is 34.6 Å². The Kier molecular flexibility index (Phi) is 6.43. The van der Waals surface area contributed by atoms with E-state index >= 15 is 0 Å². The van der Waals surface area contributed by atoms with Crippen LogP contribution in [0.3, 0.4) is 0 Å². The van der Waals surface area contributed by atoms with Crippen LogP contribution in [0.2, 0.25) is 0 Å². The average Bonchev–Trinajstić information content (AvgIpc) is 2.99. The first-order chi connectivity index (χ1) is 12.8. The monoisotopic (exact) mass is 415 g/mol. The van der Waals surface area contributed by atoms with Gasteiger partial charge in [0, 0.05) is 17.4 Å². The van der Waals surface area contributed by atoms with Crippen molar-refractivity contribution in [1.82, 2.24) is 4.37 Å². The molecule has 0 spiro atoms. The van der Waals surface area contributed by atoms with Crippen molar-refractivity contribution in [2.45, 2.75) is 65.7 Å². The molecule has 0 unspecified atom stereocenters. The summed E-state index contributed by atoms with van der Waals surface area (Å²) in [5.41, 5.74) is 2.47. The van der Waals surface area contributed by atoms with Crippen molar-refractivity contribution >= 4 is 17.5 Å². The van der Waals surface area contributed by atoms with Crippen molar-refractivity contribution in [3.8, 4) is 5.75 Å². The molecule has 4 nitrogen and oxygen atoms in total. The Morgan fingerprint density at radius 3 is 2.36 bits per heavy atom. The van der Waals surface area contributed by atoms with Crippen LogP contribution in [0.4, 0.5) is 13.2 Å². The van der Waals surface area contributed by atoms with Crippen LogP contribution in [0, 0.1) is 13.8 Å². The molecule has 0 bridgehead atoms. The number of rotatable bonds is 6. The van der Waals surface area contributed by atoms with E-state index in [1.165, 1.54) is 0 Å². The van der Waals surface area contributed by atoms with E-state index in [0.29, 0.717) is 29.4 Å². The van der Waals surface area contributed by atoms with Crippen LogP contribution in [0.5, 0.6) is 5.75 Å². The highest BCUT2D eigenvalue weighted by atomic mass is 32.1. The number of ether oxygens (including phenoxy) is 1. The maximum absolute atomic E-state index is 13.4. The summed E-state index contributed by atoms with van der Waals surface area (Å²) in [5.74, 6) is -0.396. The van der Waals surface area contributed by atoms with Crippen molar-refractivity contribution < 1.29 is 27.8 Å². The third-order valence-electron chi connectivity index (χ3n) is 4.59. The molecule has 0 radical (unpaired) electrons. The number of carbonyl (C=O) groups is 1. The molecule has 0 saturated heterocycles. The van der Waals surface area contributed by atoms with Gasteiger partial charge >= 0.3 is 12.1 Å². The SMILES string of the molecule is Cc1c(CCC(=O)O)ccc(OCc2c(C(C)(C)C)nsc2C(F)(F)F)c1C. The van der Waals surface area contributed by atoms with Crippen molar-refractivity contribution in [1.29, 1.82) is 0 Å². The maximum Gasteiger partial charge on any atom is 0.427 e. The molecule has 0 fully saturated rings. The second-order valence-electron chi connectivity index (χ2n) is 7.74. The van der Waals surface area contributed by atoms with E-state index in [1.54, 1.807) is 12.1 Å². The first-order valence-corrected chi connectivity index (χ1v) is 9.59. The number of carboxylic acids is 1. The summed E-state index contributed by atoms with van der Waals surface area (Å²) < 4.78 is 50.0. The topological polar surface area (TPSA) is 59.4 Å². The van der Waals surface area contributed by atoms with Gasteiger partial charge in [0.2, 0.25) is 0 Å². The normalized spacial score (nSPS) is 12.3. The highest BCUT2D eigenvalue weighted by Gasteiger charge is 2.39. The fourth-order valence-electron chi connectivity index (χ4n) is 2.93. The van der Waals surface area contributed by atoms with E-state index in [0.717, 1.165) is 16.7 Å². The van der Waals surface area contributed by atoms with Gasteiger partial charge in [-0.25, -0.2) is 0 Å². The second kappa shape index (κ2) is 8.11. The molecular formula is C20H24F3NO3S. The average molecular weight is 415 g/mol. The zero-order valence-corrected chi connectivity index (χ0v) is 17.3. The molecule has 0 saturated carbocycles. The van der Waals surface area contributed by atoms with Gasteiger partial charge in [-0.15, -0.1) is 0 Å². The molecule has 2 rings (SSSR count). The van der Waals surface area contributed by atoms with Crippen LogP contribution >= 0.6 is 11.5 Å². The molecule has 2 aromatic rings. The molecule has 0 aliphatic carbocycles. The summed E-state index contributed by atoms with van der Waals surface area (Å²) >= 11 is 0.454. The number of benzene rings is 1. The minimum absolute atomic E-state index is 0.0188. The van der Waals surface area contributed by atoms with E-state index in [2.05, 4.69) is 4.37 Å². The molecule has 1 N–H and O–H groups in total. The molecule has 1 aromatic heterocycles. The Morgan fingerprint density at radius 2 is 1.82 bits per heavy atom. The van der Waals surface area contributed by atoms with E-state index in [9.17, 15) is 18.0 Å². The van der Waals surface area contributed by atoms with Crippen LogP contribution in [0.15, 0.2) is 12.1 Å². The standard InChI is InChI=1S/C20H24F3NO3S/c1-11-12(2)15(8-6-13(11)7-9-16(25)26)27-10-14-17(19(3,4)5)24-28-18(14)20(21,22)23/h6,8H,7,9-10H2,1-5H3,(H,25,26). The van der Waals surface area contributed by atoms with Crippen LogP contribution in [-0.4, -0.2) is 15.4 Å². The number of halogens is 3. The van der Waals surface area contributed by atoms with Gasteiger partial charge in [0.15, 0.2) is 0 Å². The van der Waals surface area contributed by atoms with Crippen molar-refractivity contribution in [2.75, 3.05) is 0 Å². The van der Waals surface area contributed by atoms with Gasteiger partial charge in [-0.05, 0) is 54.6 Å². The summed E-state index contributed by atoms with van der Waals surface area (Å²) in [7, 11) is 0. The van der Waals surface area contributed by atoms with Gasteiger partial charge < -0.3 is 9.84 Å². The third-order valence-corrected chi connectivity index (χ3v) is 5.52. The van der Waals surface area contributed by atoms with Crippen LogP contribution in [-0.2, 0) is 29.4 Å². The molecule has 1 aromatic carbocycles. The minimum Gasteiger partial charge on any atom is -0.489 e. The van der Waals surface area contributed by atoms with Gasteiger partial charge in [0.1, 0.15) is 17.2 Å². The van der Waals surface area contributed by atoms with Crippen LogP contribution in [0.25, 0.3) is 0 Å². The number of hydrogen-bond acceptors (Lipinski definition) is 4. The fraction of sp³-hybridized carbons (Fsp3) is 0.500. The molecule has 8 heteroatoms. The number of aryl methyl sites for hydroxylation is 1. The second-order valence-corrected chi connectivity index (χ2v) is 8.52. The number of nitrogens with zero attached hydrogens (tertiary/aromatic N) is 1. The van der Waals surface area contributed by atoms with Crippen molar-refractivity contribution in [2.24, 2.45) is 0 Å². The van der Waals surface area contributed by atoms with E-state index < -0.39 is 22.4 Å². The zero-order chi connectivity index (χ0) is 21.3. The summed E-state index contributed by atoms with van der Waals surface area (Å²) in [5, 5.41) is 8.84. The van der Waals surface area contributed by atoms with Gasteiger partial charge in [-0.1, -0.05) is 26.8 Å². The highest BCUT2D eigenvalue weighted by molar-refractivity contribution is 7.06. The molecule has 0 aliphatic rings. The predicted molar refractivity (Wildman–Crippen MR) is 102 cm³/mol. The molecule has 0 aliphatic heterocycles. The molecular weight excluding hydrogens is 391 g/mol. The molecule has 0 amide bonds. The molecule has 154 valence electrons. The summed E-state index contributed by atoms with van der Waals surface area (Å²) in [6.07, 6.45) is -4.07. The largest absolute Gasteiger partial charge is 0.489 e. The van der Waals surface area contributed by atoms with Crippen LogP contribution in [0.1, 0.15) is 60.0 Å². The molecule has 0 atom stereocenters. The van der Waals surface area contributed by atoms with Gasteiger partial charge in [0.05, 0.1) is 5.69 Å². The Bertz CT molecular complexity index is 835. The third kappa shape index (κ3) is 5.04. The predicted octanol–water partition coefficient (Wildman–Crippen LogP) is 5.67. The summed E-state index contributed by atoms with van der Waals surface area (Å²) in [6.45, 7) is 8.89. The smallest absolute Gasteiger partial charge is 0.427 e. The van der Waals surface area contributed by atoms with Gasteiger partial charge in [0.25, 0.3) is 0 Å². The Hall–Kier alpha value is -2.09. The zero-order valence-electron chi connectivity index (χ0n) is 16.5. The van der Waals surface area contributed by atoms with E-state index in [-0.39, 0.29) is 18.6 Å². The number of carboxylic acid groups (broad SMARTS) is 1. The van der Waals surface area contributed by atoms with E-state index in [4.69, 9.17) is 9.84 Å². The highest BCUT2D eigenvalue weighted by Crippen LogP contribution is 2.40. The van der Waals surface area contributed by atoms with Gasteiger partial charge in [-0.3, -0.25) is 4.79 Å². The summed E-state index contributed by atoms with van der Waals surface area (Å²) in [6, 6.07) is 3.45. The number of hydrogen-bond donors (Lipinski definition) is 1. The quantitative estimate of drug-likeness (QED) is 0.660. The first-order valence-electron chi connectivity index (χ1n) is 8.82. The Labute approximate surface area is 166 Å². The first kappa shape index (κ1) is 22.2. The van der Waals surface area contributed by atoms with Crippen molar-refractivity contribution in [3.63, 3.8) is 0 Å². The minimum atomic E-state index is -4.48. The maximum atomic E-state index is 13.4. The number of aliphatic carboxylic acids is 1. The van der Waals surface area contributed by atoms with Crippen molar-refractivity contribution in [3.05, 3.63) is 45.0 Å². The number of aromatic nitrogens is 1. The van der Waals surface area contributed by atoms with Crippen LogP contribution < -0.4 is 4.74 Å². The lowest BCUT2D eigenvalue weighted by Crippen LogP contribution is -2.17. The fourth-order valence-corrected chi connectivity index (χ4v) is 3.86. The summed E-state index contributed by atoms with van der Waals surface area (Å²) in [4.78, 5) is 10.0. The Morgan fingerprint density at radius 1 is 1.18 bits per heavy atom. The van der Waals surface area contributed by atoms with Gasteiger partial charge in [-0.2, -0.15) is 17.5 Å². The lowest BCUT2D eigenvalue weighted by Gasteiger charge is -2.20. The lowest BCUT2D eigenvalue weighted by molar-refractivity contribution is -0.137. The number of alkyl halides is 3.